The minimum Gasteiger partial charge on any atom is -0.491 e. The van der Waals surface area contributed by atoms with E-state index in [4.69, 9.17) is 9.47 Å². The highest BCUT2D eigenvalue weighted by Crippen LogP contribution is 2.12. The van der Waals surface area contributed by atoms with Gasteiger partial charge >= 0.3 is 0 Å². The van der Waals surface area contributed by atoms with Gasteiger partial charge in [-0.2, -0.15) is 0 Å². The molecule has 1 rings (SSSR count). The van der Waals surface area contributed by atoms with Crippen molar-refractivity contribution in [3.8, 4) is 5.75 Å². The van der Waals surface area contributed by atoms with E-state index in [0.29, 0.717) is 19.1 Å². The third kappa shape index (κ3) is 6.60. The Morgan fingerprint density at radius 1 is 1.16 bits per heavy atom. The van der Waals surface area contributed by atoms with Crippen LogP contribution >= 0.6 is 0 Å². The zero-order valence-corrected chi connectivity index (χ0v) is 12.8. The third-order valence-electron chi connectivity index (χ3n) is 2.96. The molecular formula is C16H27NO2. The summed E-state index contributed by atoms with van der Waals surface area (Å²) in [5.74, 6) is 1.43. The van der Waals surface area contributed by atoms with Gasteiger partial charge in [-0.3, -0.25) is 0 Å². The molecule has 1 atom stereocenters. The first kappa shape index (κ1) is 16.0. The van der Waals surface area contributed by atoms with Crippen molar-refractivity contribution in [3.63, 3.8) is 0 Å². The summed E-state index contributed by atoms with van der Waals surface area (Å²) in [6.07, 6.45) is 0.260. The second-order valence-corrected chi connectivity index (χ2v) is 5.58. The Kier molecular flexibility index (Phi) is 6.89. The second kappa shape index (κ2) is 8.18. The standard InChI is InChI=1S/C16H27NO2/c1-13(2)16(12-17(4)5)19-10-9-18-15-8-6-7-14(3)11-15/h6-8,11,13,16H,9-10,12H2,1-5H3. The Hall–Kier alpha value is -1.06. The summed E-state index contributed by atoms with van der Waals surface area (Å²) >= 11 is 0. The lowest BCUT2D eigenvalue weighted by atomic mass is 10.1. The van der Waals surface area contributed by atoms with E-state index >= 15 is 0 Å². The van der Waals surface area contributed by atoms with Gasteiger partial charge in [0.1, 0.15) is 12.4 Å². The number of aryl methyl sites for hydroxylation is 1. The highest BCUT2D eigenvalue weighted by Gasteiger charge is 2.14. The van der Waals surface area contributed by atoms with Gasteiger partial charge in [-0.25, -0.2) is 0 Å². The molecule has 0 spiro atoms. The normalized spacial score (nSPS) is 13.0. The Bertz CT molecular complexity index is 364. The molecule has 0 N–H and O–H groups in total. The van der Waals surface area contributed by atoms with Gasteiger partial charge < -0.3 is 14.4 Å². The highest BCUT2D eigenvalue weighted by molar-refractivity contribution is 5.27. The SMILES string of the molecule is Cc1cccc(OCCOC(CN(C)C)C(C)C)c1. The maximum atomic E-state index is 5.90. The molecule has 0 saturated heterocycles. The van der Waals surface area contributed by atoms with Crippen molar-refractivity contribution < 1.29 is 9.47 Å². The summed E-state index contributed by atoms with van der Waals surface area (Å²) in [7, 11) is 4.14. The Morgan fingerprint density at radius 3 is 2.47 bits per heavy atom. The van der Waals surface area contributed by atoms with E-state index in [1.807, 2.05) is 18.2 Å². The van der Waals surface area contributed by atoms with Gasteiger partial charge in [0.25, 0.3) is 0 Å². The van der Waals surface area contributed by atoms with Crippen LogP contribution in [0.4, 0.5) is 0 Å². The lowest BCUT2D eigenvalue weighted by Crippen LogP contribution is -2.33. The quantitative estimate of drug-likeness (QED) is 0.675. The minimum absolute atomic E-state index is 0.260. The molecule has 108 valence electrons. The van der Waals surface area contributed by atoms with Crippen LogP contribution in [0.25, 0.3) is 0 Å². The average molecular weight is 265 g/mol. The molecule has 19 heavy (non-hydrogen) atoms. The molecule has 0 amide bonds. The van der Waals surface area contributed by atoms with Crippen molar-refractivity contribution in [2.45, 2.75) is 26.9 Å². The molecular weight excluding hydrogens is 238 g/mol. The molecule has 0 fully saturated rings. The van der Waals surface area contributed by atoms with Gasteiger partial charge in [0.15, 0.2) is 0 Å². The highest BCUT2D eigenvalue weighted by atomic mass is 16.5. The van der Waals surface area contributed by atoms with E-state index in [9.17, 15) is 0 Å². The summed E-state index contributed by atoms with van der Waals surface area (Å²) in [6.45, 7) is 8.62. The molecule has 1 aromatic rings. The number of likely N-dealkylation sites (N-methyl/N-ethyl adjacent to an activating group) is 1. The lowest BCUT2D eigenvalue weighted by molar-refractivity contribution is -0.00604. The van der Waals surface area contributed by atoms with Crippen molar-refractivity contribution >= 4 is 0 Å². The predicted molar refractivity (Wildman–Crippen MR) is 79.8 cm³/mol. The Balaban J connectivity index is 2.28. The van der Waals surface area contributed by atoms with E-state index in [-0.39, 0.29) is 6.10 Å². The summed E-state index contributed by atoms with van der Waals surface area (Å²) in [5, 5.41) is 0. The second-order valence-electron chi connectivity index (χ2n) is 5.58. The van der Waals surface area contributed by atoms with E-state index in [2.05, 4.69) is 45.8 Å². The molecule has 0 bridgehead atoms. The van der Waals surface area contributed by atoms with E-state index < -0.39 is 0 Å². The minimum atomic E-state index is 0.260. The van der Waals surface area contributed by atoms with Gasteiger partial charge in [0.2, 0.25) is 0 Å². The van der Waals surface area contributed by atoms with Crippen LogP contribution in [0, 0.1) is 12.8 Å². The molecule has 0 aliphatic carbocycles. The van der Waals surface area contributed by atoms with Crippen LogP contribution in [-0.2, 0) is 4.74 Å². The maximum Gasteiger partial charge on any atom is 0.119 e. The molecule has 0 radical (unpaired) electrons. The summed E-state index contributed by atoms with van der Waals surface area (Å²) in [4.78, 5) is 2.16. The lowest BCUT2D eigenvalue weighted by Gasteiger charge is -2.24. The predicted octanol–water partition coefficient (Wildman–Crippen LogP) is 2.98. The fourth-order valence-electron chi connectivity index (χ4n) is 1.88. The number of hydrogen-bond acceptors (Lipinski definition) is 3. The number of benzene rings is 1. The fraction of sp³-hybridized carbons (Fsp3) is 0.625. The first-order valence-corrected chi connectivity index (χ1v) is 6.95. The molecule has 3 heteroatoms. The van der Waals surface area contributed by atoms with Crippen LogP contribution in [0.1, 0.15) is 19.4 Å². The molecule has 0 aliphatic rings. The van der Waals surface area contributed by atoms with E-state index in [0.717, 1.165) is 12.3 Å². The Morgan fingerprint density at radius 2 is 1.89 bits per heavy atom. The number of ether oxygens (including phenoxy) is 2. The van der Waals surface area contributed by atoms with Crippen molar-refractivity contribution in [2.24, 2.45) is 5.92 Å². The van der Waals surface area contributed by atoms with Crippen molar-refractivity contribution in [3.05, 3.63) is 29.8 Å². The number of hydrogen-bond donors (Lipinski definition) is 0. The number of nitrogens with zero attached hydrogens (tertiary/aromatic N) is 1. The van der Waals surface area contributed by atoms with Crippen LogP contribution in [0.5, 0.6) is 5.75 Å². The largest absolute Gasteiger partial charge is 0.491 e. The van der Waals surface area contributed by atoms with Crippen LogP contribution in [0.2, 0.25) is 0 Å². The molecule has 1 unspecified atom stereocenters. The average Bonchev–Trinajstić information content (AvgIpc) is 2.32. The first-order valence-electron chi connectivity index (χ1n) is 6.95. The molecule has 0 heterocycles. The van der Waals surface area contributed by atoms with Gasteiger partial charge in [0, 0.05) is 6.54 Å². The maximum absolute atomic E-state index is 5.90. The zero-order valence-electron chi connectivity index (χ0n) is 12.8. The third-order valence-corrected chi connectivity index (χ3v) is 2.96. The molecule has 0 aliphatic heterocycles. The fourth-order valence-corrected chi connectivity index (χ4v) is 1.88. The molecule has 0 saturated carbocycles. The van der Waals surface area contributed by atoms with Gasteiger partial charge in [-0.15, -0.1) is 0 Å². The topological polar surface area (TPSA) is 21.7 Å². The first-order chi connectivity index (χ1) is 8.99. The molecule has 0 aromatic heterocycles. The van der Waals surface area contributed by atoms with Crippen molar-refractivity contribution in [2.75, 3.05) is 33.9 Å². The van der Waals surface area contributed by atoms with Crippen molar-refractivity contribution in [1.29, 1.82) is 0 Å². The van der Waals surface area contributed by atoms with Gasteiger partial charge in [-0.05, 0) is 44.6 Å². The van der Waals surface area contributed by atoms with Crippen LogP contribution in [-0.4, -0.2) is 44.9 Å². The van der Waals surface area contributed by atoms with Crippen LogP contribution in [0.15, 0.2) is 24.3 Å². The van der Waals surface area contributed by atoms with E-state index in [1.165, 1.54) is 5.56 Å². The zero-order chi connectivity index (χ0) is 14.3. The van der Waals surface area contributed by atoms with Gasteiger partial charge in [-0.1, -0.05) is 26.0 Å². The van der Waals surface area contributed by atoms with E-state index in [1.54, 1.807) is 0 Å². The monoisotopic (exact) mass is 265 g/mol. The summed E-state index contributed by atoms with van der Waals surface area (Å²) < 4.78 is 11.6. The molecule has 1 aromatic carbocycles. The summed E-state index contributed by atoms with van der Waals surface area (Å²) in [6, 6.07) is 8.09. The number of rotatable bonds is 8. The Labute approximate surface area is 117 Å². The van der Waals surface area contributed by atoms with Crippen molar-refractivity contribution in [1.82, 2.24) is 4.90 Å². The van der Waals surface area contributed by atoms with Crippen LogP contribution in [0.3, 0.4) is 0 Å². The summed E-state index contributed by atoms with van der Waals surface area (Å²) in [5.41, 5.74) is 1.21. The van der Waals surface area contributed by atoms with Gasteiger partial charge in [0.05, 0.1) is 12.7 Å². The smallest absolute Gasteiger partial charge is 0.119 e. The molecule has 3 nitrogen and oxygen atoms in total. The van der Waals surface area contributed by atoms with Crippen LogP contribution < -0.4 is 4.74 Å².